The molecule has 0 aromatic rings. The zero-order chi connectivity index (χ0) is 23.6. The number of nitrogens with zero attached hydrogens (tertiary/aromatic N) is 1. The normalized spacial score (nSPS) is 48.5. The number of likely N-dealkylation sites (tertiary alicyclic amines) is 1. The van der Waals surface area contributed by atoms with E-state index in [-0.39, 0.29) is 4.90 Å². The van der Waals surface area contributed by atoms with Crippen molar-refractivity contribution in [2.24, 2.45) is 11.6 Å². The van der Waals surface area contributed by atoms with Gasteiger partial charge >= 0.3 is 0 Å². The maximum absolute atomic E-state index is 12.4. The fraction of sp³-hybridized carbons (Fsp3) is 0.818. The first-order valence-corrected chi connectivity index (χ1v) is 4.02. The van der Waals surface area contributed by atoms with E-state index in [0.717, 1.165) is 0 Å². The van der Waals surface area contributed by atoms with E-state index in [1.54, 1.807) is 0 Å². The standard InChI is InChI=1S/C11H20N2O2/c1-3-5-8-6-10(14)13(7-8)9(4-2)11(12)15/h8-9H,3-7H2,1-2H3,(H2,12,15)/t8-,9+/m1/s1/i1D3,2D3,3D2,4D2,5D2,8D,9D. The summed E-state index contributed by atoms with van der Waals surface area (Å²) in [5.74, 6) is -6.23. The highest BCUT2D eigenvalue weighted by Gasteiger charge is 2.35. The van der Waals surface area contributed by atoms with Gasteiger partial charge in [0.15, 0.2) is 0 Å². The Hall–Kier alpha value is -1.06. The van der Waals surface area contributed by atoms with E-state index in [4.69, 9.17) is 24.9 Å². The van der Waals surface area contributed by atoms with Crippen LogP contribution in [0.1, 0.15) is 58.4 Å². The average Bonchev–Trinajstić information content (AvgIpc) is 2.80. The van der Waals surface area contributed by atoms with Gasteiger partial charge in [0.2, 0.25) is 11.8 Å². The highest BCUT2D eigenvalue weighted by Crippen LogP contribution is 2.24. The second-order valence-electron chi connectivity index (χ2n) is 2.85. The van der Waals surface area contributed by atoms with Crippen molar-refractivity contribution in [1.82, 2.24) is 4.90 Å². The highest BCUT2D eigenvalue weighted by atomic mass is 16.2. The van der Waals surface area contributed by atoms with Crippen LogP contribution in [0.3, 0.4) is 0 Å². The molecule has 4 nitrogen and oxygen atoms in total. The lowest BCUT2D eigenvalue weighted by atomic mass is 10.0. The minimum Gasteiger partial charge on any atom is -0.368 e. The van der Waals surface area contributed by atoms with E-state index in [0.29, 0.717) is 0 Å². The van der Waals surface area contributed by atoms with Crippen molar-refractivity contribution in [3.63, 3.8) is 0 Å². The molecule has 0 unspecified atom stereocenters. The zero-order valence-electron chi connectivity index (χ0n) is 21.8. The molecule has 0 radical (unpaired) electrons. The van der Waals surface area contributed by atoms with E-state index < -0.39 is 69.5 Å². The number of hydrogen-bond donors (Lipinski definition) is 1. The molecule has 4 heteroatoms. The molecule has 0 aliphatic carbocycles. The number of carbonyl (C=O) groups is 2. The lowest BCUT2D eigenvalue weighted by Gasteiger charge is -2.24. The van der Waals surface area contributed by atoms with Gasteiger partial charge in [0, 0.05) is 30.8 Å². The Morgan fingerprint density at radius 1 is 1.93 bits per heavy atom. The summed E-state index contributed by atoms with van der Waals surface area (Å²) in [5, 5.41) is 0. The average molecular weight is 226 g/mol. The fourth-order valence-corrected chi connectivity index (χ4v) is 1.25. The van der Waals surface area contributed by atoms with Gasteiger partial charge < -0.3 is 10.6 Å². The number of primary amides is 1. The second kappa shape index (κ2) is 5.14. The molecule has 86 valence electrons. The van der Waals surface area contributed by atoms with Crippen LogP contribution in [0.4, 0.5) is 0 Å². The van der Waals surface area contributed by atoms with Gasteiger partial charge in [-0.3, -0.25) is 9.59 Å². The molecule has 0 saturated carbocycles. The van der Waals surface area contributed by atoms with Crippen molar-refractivity contribution in [3.8, 4) is 0 Å². The molecule has 1 aliphatic heterocycles. The molecule has 1 heterocycles. The predicted octanol–water partition coefficient (Wildman–Crippen LogP) is 0.899. The van der Waals surface area contributed by atoms with E-state index in [1.165, 1.54) is 0 Å². The van der Waals surface area contributed by atoms with Crippen molar-refractivity contribution in [2.75, 3.05) is 6.54 Å². The van der Waals surface area contributed by atoms with Gasteiger partial charge in [0.05, 0.1) is 1.37 Å². The fourth-order valence-electron chi connectivity index (χ4n) is 1.25. The predicted molar refractivity (Wildman–Crippen MR) is 58.0 cm³/mol. The summed E-state index contributed by atoms with van der Waals surface area (Å²) in [7, 11) is 0. The number of carbonyl (C=O) groups excluding carboxylic acids is 2. The van der Waals surface area contributed by atoms with Crippen LogP contribution in [0.5, 0.6) is 0 Å². The maximum atomic E-state index is 12.4. The van der Waals surface area contributed by atoms with Gasteiger partial charge in [-0.05, 0) is 18.6 Å². The summed E-state index contributed by atoms with van der Waals surface area (Å²) in [4.78, 5) is 24.3. The first-order chi connectivity index (χ1) is 12.4. The van der Waals surface area contributed by atoms with Crippen molar-refractivity contribution < 1.29 is 28.8 Å². The monoisotopic (exact) mass is 226 g/mol. The van der Waals surface area contributed by atoms with E-state index in [2.05, 4.69) is 0 Å². The second-order valence-corrected chi connectivity index (χ2v) is 2.85. The van der Waals surface area contributed by atoms with Gasteiger partial charge in [-0.15, -0.1) is 0 Å². The molecule has 15 heavy (non-hydrogen) atoms. The molecule has 0 aromatic carbocycles. The van der Waals surface area contributed by atoms with Crippen LogP contribution >= 0.6 is 0 Å². The Bertz CT molecular complexity index is 701. The SMILES string of the molecule is [2H]C([2H])([2H])C([2H])([2H])C([2H])([2H])[C@]1([2H])CC(=O)N([C@]([2H])(C(N)=O)C([2H])([2H])C([2H])([2H])[2H])C1. The van der Waals surface area contributed by atoms with Gasteiger partial charge in [0.25, 0.3) is 0 Å². The van der Waals surface area contributed by atoms with E-state index >= 15 is 0 Å². The Balaban J connectivity index is 3.58. The van der Waals surface area contributed by atoms with Crippen LogP contribution in [0, 0.1) is 5.89 Å². The van der Waals surface area contributed by atoms with Crippen LogP contribution < -0.4 is 5.73 Å². The van der Waals surface area contributed by atoms with Gasteiger partial charge in [-0.1, -0.05) is 20.1 Å². The van der Waals surface area contributed by atoms with Gasteiger partial charge in [0.1, 0.15) is 6.02 Å². The third-order valence-electron chi connectivity index (χ3n) is 1.88. The molecule has 2 atom stereocenters. The summed E-state index contributed by atoms with van der Waals surface area (Å²) in [5.41, 5.74) is 5.02. The Morgan fingerprint density at radius 3 is 3.33 bits per heavy atom. The summed E-state index contributed by atoms with van der Waals surface area (Å²) in [6.07, 6.45) is -12.2. The molecule has 2 N–H and O–H groups in total. The van der Waals surface area contributed by atoms with Gasteiger partial charge in [-0.2, -0.15) is 0 Å². The first kappa shape index (κ1) is 2.99. The molecule has 1 aliphatic rings. The van der Waals surface area contributed by atoms with E-state index in [9.17, 15) is 9.59 Å². The third kappa shape index (κ3) is 2.70. The van der Waals surface area contributed by atoms with Crippen LogP contribution in [-0.4, -0.2) is 29.3 Å². The summed E-state index contributed by atoms with van der Waals surface area (Å²) < 4.78 is 106. The molecule has 1 fully saturated rings. The van der Waals surface area contributed by atoms with Crippen molar-refractivity contribution in [3.05, 3.63) is 0 Å². The first-order valence-electron chi connectivity index (χ1n) is 11.0. The number of hydrogen-bond acceptors (Lipinski definition) is 2. The molecular formula is C11H20N2O2. The largest absolute Gasteiger partial charge is 0.368 e. The Labute approximate surface area is 110 Å². The van der Waals surface area contributed by atoms with Gasteiger partial charge in [-0.25, -0.2) is 0 Å². The van der Waals surface area contributed by atoms with Crippen molar-refractivity contribution in [1.29, 1.82) is 0 Å². The maximum Gasteiger partial charge on any atom is 0.240 e. The minimum absolute atomic E-state index is 0.0396. The molecule has 2 amide bonds. The lowest BCUT2D eigenvalue weighted by Crippen LogP contribution is -2.45. The quantitative estimate of drug-likeness (QED) is 0.757. The molecule has 0 spiro atoms. The lowest BCUT2D eigenvalue weighted by molar-refractivity contribution is -0.136. The van der Waals surface area contributed by atoms with Crippen molar-refractivity contribution >= 4 is 11.8 Å². The summed E-state index contributed by atoms with van der Waals surface area (Å²) >= 11 is 0. The molecule has 0 aromatic heterocycles. The molecular weight excluding hydrogens is 192 g/mol. The third-order valence-corrected chi connectivity index (χ3v) is 1.88. The number of amides is 2. The van der Waals surface area contributed by atoms with Crippen molar-refractivity contribution in [2.45, 2.75) is 45.3 Å². The summed E-state index contributed by atoms with van der Waals surface area (Å²) in [6, 6.07) is -3.60. The minimum atomic E-state index is -3.75. The Morgan fingerprint density at radius 2 is 2.73 bits per heavy atom. The van der Waals surface area contributed by atoms with Crippen LogP contribution in [0.15, 0.2) is 0 Å². The van der Waals surface area contributed by atoms with E-state index in [1.807, 2.05) is 0 Å². The van der Waals surface area contributed by atoms with Crippen LogP contribution in [0.25, 0.3) is 0 Å². The van der Waals surface area contributed by atoms with Crippen LogP contribution in [-0.2, 0) is 9.59 Å². The topological polar surface area (TPSA) is 63.4 Å². The number of nitrogens with two attached hydrogens (primary N) is 1. The Kier molecular flexibility index (Phi) is 1.03. The molecule has 1 rings (SSSR count). The molecule has 1 saturated heterocycles. The van der Waals surface area contributed by atoms with Crippen LogP contribution in [0.2, 0.25) is 0 Å². The summed E-state index contributed by atoms with van der Waals surface area (Å²) in [6.45, 7) is -8.53. The number of rotatable bonds is 5. The molecule has 0 bridgehead atoms. The zero-order valence-corrected chi connectivity index (χ0v) is 7.76. The highest BCUT2D eigenvalue weighted by molar-refractivity contribution is 5.87. The smallest absolute Gasteiger partial charge is 0.240 e.